The molecule has 0 bridgehead atoms. The van der Waals surface area contributed by atoms with Crippen LogP contribution in [0, 0.1) is 0 Å². The Labute approximate surface area is 55.6 Å². The zero-order valence-electron chi connectivity index (χ0n) is 3.52. The van der Waals surface area contributed by atoms with Crippen molar-refractivity contribution in [3.63, 3.8) is 0 Å². The maximum absolute atomic E-state index is 3.67. The first-order chi connectivity index (χ1) is 3.00. The van der Waals surface area contributed by atoms with E-state index in [0.717, 1.165) is 0 Å². The van der Waals surface area contributed by atoms with Crippen LogP contribution >= 0.6 is 0 Å². The summed E-state index contributed by atoms with van der Waals surface area (Å²) in [5.41, 5.74) is 0. The van der Waals surface area contributed by atoms with Gasteiger partial charge in [0.2, 0.25) is 0 Å². The van der Waals surface area contributed by atoms with E-state index in [-0.39, 0.29) is 20.4 Å². The van der Waals surface area contributed by atoms with Gasteiger partial charge in [-0.15, -0.1) is 0 Å². The van der Waals surface area contributed by atoms with Gasteiger partial charge in [0.25, 0.3) is 0 Å². The van der Waals surface area contributed by atoms with Gasteiger partial charge < -0.3 is 0 Å². The van der Waals surface area contributed by atoms with Crippen LogP contribution in [0.15, 0.2) is 24.8 Å². The third-order valence-electron chi connectivity index (χ3n) is 0.478. The largest absolute Gasteiger partial charge is 0.245 e. The SMILES string of the molecule is [Pd].c1cncnc1. The van der Waals surface area contributed by atoms with Gasteiger partial charge >= 0.3 is 0 Å². The first kappa shape index (κ1) is 6.74. The third kappa shape index (κ3) is 2.44. The second-order valence-corrected chi connectivity index (χ2v) is 0.904. The molecule has 0 aliphatic carbocycles. The summed E-state index contributed by atoms with van der Waals surface area (Å²) in [7, 11) is 0. The zero-order chi connectivity index (χ0) is 4.24. The van der Waals surface area contributed by atoms with Crippen LogP contribution in [-0.4, -0.2) is 9.97 Å². The van der Waals surface area contributed by atoms with Crippen LogP contribution in [0.1, 0.15) is 0 Å². The molecule has 0 fully saturated rings. The average Bonchev–Trinajstić information content (AvgIpc) is 1.72. The minimum absolute atomic E-state index is 0. The van der Waals surface area contributed by atoms with Crippen molar-refractivity contribution in [1.29, 1.82) is 0 Å². The molecule has 0 atom stereocenters. The Balaban J connectivity index is 0.000000360. The second kappa shape index (κ2) is 3.92. The van der Waals surface area contributed by atoms with Crippen LogP contribution < -0.4 is 0 Å². The van der Waals surface area contributed by atoms with E-state index in [1.807, 2.05) is 0 Å². The predicted octanol–water partition coefficient (Wildman–Crippen LogP) is 0.474. The topological polar surface area (TPSA) is 25.8 Å². The molecule has 0 spiro atoms. The fourth-order valence-electron chi connectivity index (χ4n) is 0.253. The molecule has 0 amide bonds. The van der Waals surface area contributed by atoms with Crippen molar-refractivity contribution in [2.45, 2.75) is 0 Å². The molecule has 0 aliphatic heterocycles. The molecule has 0 aromatic carbocycles. The quantitative estimate of drug-likeness (QED) is 0.551. The van der Waals surface area contributed by atoms with Crippen LogP contribution in [0.5, 0.6) is 0 Å². The van der Waals surface area contributed by atoms with Crippen LogP contribution in [0.4, 0.5) is 0 Å². The molecule has 1 aromatic rings. The average molecular weight is 187 g/mol. The first-order valence-corrected chi connectivity index (χ1v) is 1.70. The molecule has 0 saturated heterocycles. The fourth-order valence-corrected chi connectivity index (χ4v) is 0.253. The van der Waals surface area contributed by atoms with E-state index in [1.54, 1.807) is 18.5 Å². The van der Waals surface area contributed by atoms with Crippen molar-refractivity contribution in [3.8, 4) is 0 Å². The molecular formula is C4H4N2Pd. The molecule has 0 unspecified atom stereocenters. The minimum Gasteiger partial charge on any atom is -0.245 e. The van der Waals surface area contributed by atoms with Gasteiger partial charge in [-0.2, -0.15) is 0 Å². The molecule has 0 N–H and O–H groups in total. The van der Waals surface area contributed by atoms with Crippen molar-refractivity contribution in [2.24, 2.45) is 0 Å². The molecule has 2 nitrogen and oxygen atoms in total. The van der Waals surface area contributed by atoms with E-state index in [2.05, 4.69) is 9.97 Å². The van der Waals surface area contributed by atoms with E-state index in [9.17, 15) is 0 Å². The molecule has 0 aliphatic rings. The van der Waals surface area contributed by atoms with Gasteiger partial charge in [-0.05, 0) is 6.07 Å². The number of nitrogens with zero attached hydrogens (tertiary/aromatic N) is 2. The summed E-state index contributed by atoms with van der Waals surface area (Å²) < 4.78 is 0. The Morgan fingerprint density at radius 3 is 1.71 bits per heavy atom. The summed E-state index contributed by atoms with van der Waals surface area (Å²) >= 11 is 0. The molecule has 1 rings (SSSR count). The third-order valence-corrected chi connectivity index (χ3v) is 0.478. The van der Waals surface area contributed by atoms with Crippen LogP contribution in [-0.2, 0) is 20.4 Å². The standard InChI is InChI=1S/C4H4N2.Pd/c1-2-5-4-6-3-1;/h1-4H;. The van der Waals surface area contributed by atoms with E-state index in [1.165, 1.54) is 6.33 Å². The van der Waals surface area contributed by atoms with Gasteiger partial charge in [-0.3, -0.25) is 0 Å². The summed E-state index contributed by atoms with van der Waals surface area (Å²) in [6.07, 6.45) is 4.88. The van der Waals surface area contributed by atoms with E-state index in [0.29, 0.717) is 0 Å². The maximum Gasteiger partial charge on any atom is 0.115 e. The van der Waals surface area contributed by atoms with Crippen molar-refractivity contribution in [2.75, 3.05) is 0 Å². The minimum atomic E-state index is 0. The van der Waals surface area contributed by atoms with E-state index < -0.39 is 0 Å². The summed E-state index contributed by atoms with van der Waals surface area (Å²) in [5.74, 6) is 0. The molecule has 1 aromatic heterocycles. The predicted molar refractivity (Wildman–Crippen MR) is 22.0 cm³/mol. The van der Waals surface area contributed by atoms with Crippen molar-refractivity contribution < 1.29 is 20.4 Å². The van der Waals surface area contributed by atoms with Gasteiger partial charge in [0, 0.05) is 32.8 Å². The molecule has 1 heterocycles. The molecule has 40 valence electrons. The van der Waals surface area contributed by atoms with Gasteiger partial charge in [0.15, 0.2) is 0 Å². The van der Waals surface area contributed by atoms with Crippen molar-refractivity contribution in [1.82, 2.24) is 9.97 Å². The zero-order valence-corrected chi connectivity index (χ0v) is 5.07. The molecule has 0 saturated carbocycles. The maximum atomic E-state index is 3.67. The molecule has 3 heteroatoms. The number of hydrogen-bond acceptors (Lipinski definition) is 2. The summed E-state index contributed by atoms with van der Waals surface area (Å²) in [6, 6.07) is 1.78. The van der Waals surface area contributed by atoms with Gasteiger partial charge in [0.1, 0.15) is 6.33 Å². The fraction of sp³-hybridized carbons (Fsp3) is 0. The van der Waals surface area contributed by atoms with E-state index in [4.69, 9.17) is 0 Å². The molecule has 0 radical (unpaired) electrons. The number of hydrogen-bond donors (Lipinski definition) is 0. The normalized spacial score (nSPS) is 6.86. The second-order valence-electron chi connectivity index (χ2n) is 0.904. The first-order valence-electron chi connectivity index (χ1n) is 1.70. The Kier molecular flexibility index (Phi) is 3.77. The number of aromatic nitrogens is 2. The van der Waals surface area contributed by atoms with Gasteiger partial charge in [-0.1, -0.05) is 0 Å². The van der Waals surface area contributed by atoms with Crippen LogP contribution in [0.3, 0.4) is 0 Å². The van der Waals surface area contributed by atoms with Crippen LogP contribution in [0.25, 0.3) is 0 Å². The van der Waals surface area contributed by atoms with Gasteiger partial charge in [0.05, 0.1) is 0 Å². The Bertz CT molecular complexity index is 81.6. The van der Waals surface area contributed by atoms with Crippen molar-refractivity contribution >= 4 is 0 Å². The van der Waals surface area contributed by atoms with Gasteiger partial charge in [-0.25, -0.2) is 9.97 Å². The molecule has 7 heavy (non-hydrogen) atoms. The Morgan fingerprint density at radius 1 is 1.00 bits per heavy atom. The van der Waals surface area contributed by atoms with Crippen LogP contribution in [0.2, 0.25) is 0 Å². The smallest absolute Gasteiger partial charge is 0.115 e. The summed E-state index contributed by atoms with van der Waals surface area (Å²) in [5, 5.41) is 0. The van der Waals surface area contributed by atoms with Crippen molar-refractivity contribution in [3.05, 3.63) is 24.8 Å². The monoisotopic (exact) mass is 186 g/mol. The summed E-state index contributed by atoms with van der Waals surface area (Å²) in [6.45, 7) is 0. The Morgan fingerprint density at radius 2 is 1.57 bits per heavy atom. The van der Waals surface area contributed by atoms with E-state index >= 15 is 0 Å². The summed E-state index contributed by atoms with van der Waals surface area (Å²) in [4.78, 5) is 7.35. The Hall–Kier alpha value is -0.258. The number of rotatable bonds is 0. The molecular weight excluding hydrogens is 182 g/mol.